The summed E-state index contributed by atoms with van der Waals surface area (Å²) in [5.74, 6) is 1.10. The van der Waals surface area contributed by atoms with E-state index < -0.39 is 8.80 Å². The maximum Gasteiger partial charge on any atom is 0.500 e. The van der Waals surface area contributed by atoms with Crippen LogP contribution in [0.2, 0.25) is 6.04 Å². The average molecular weight is 405 g/mol. The summed E-state index contributed by atoms with van der Waals surface area (Å²) in [5, 5.41) is 9.99. The topological polar surface area (TPSA) is 57.2 Å². The number of hydrogen-bond donors (Lipinski definition) is 1. The van der Waals surface area contributed by atoms with Crippen LogP contribution in [0, 0.1) is 0 Å². The molecule has 0 aromatic heterocycles. The average Bonchev–Trinajstić information content (AvgIpc) is 2.69. The van der Waals surface area contributed by atoms with E-state index in [-0.39, 0.29) is 5.75 Å². The van der Waals surface area contributed by atoms with Gasteiger partial charge in [0.05, 0.1) is 7.11 Å². The van der Waals surface area contributed by atoms with Crippen LogP contribution in [-0.2, 0) is 19.7 Å². The summed E-state index contributed by atoms with van der Waals surface area (Å²) in [6.07, 6.45) is 1.66. The van der Waals surface area contributed by atoms with Crippen LogP contribution in [0.15, 0.2) is 42.5 Å². The number of hydrogen-bond acceptors (Lipinski definition) is 5. The van der Waals surface area contributed by atoms with Crippen molar-refractivity contribution < 1.29 is 23.1 Å². The van der Waals surface area contributed by atoms with Crippen LogP contribution >= 0.6 is 0 Å². The molecular formula is C22H32O5Si. The molecule has 0 fully saturated rings. The molecule has 1 N–H and O–H groups in total. The molecule has 0 saturated carbocycles. The first-order valence-electron chi connectivity index (χ1n) is 9.95. The second-order valence-electron chi connectivity index (χ2n) is 6.41. The van der Waals surface area contributed by atoms with Crippen LogP contribution in [0.5, 0.6) is 11.5 Å². The van der Waals surface area contributed by atoms with Gasteiger partial charge >= 0.3 is 8.80 Å². The Balaban J connectivity index is 2.17. The van der Waals surface area contributed by atoms with E-state index in [1.807, 2.05) is 57.2 Å². The van der Waals surface area contributed by atoms with Crippen LogP contribution in [0.3, 0.4) is 0 Å². The van der Waals surface area contributed by atoms with Gasteiger partial charge in [0, 0.05) is 25.9 Å². The number of aromatic hydroxyl groups is 1. The van der Waals surface area contributed by atoms with Gasteiger partial charge in [-0.1, -0.05) is 18.2 Å². The number of rotatable bonds is 12. The van der Waals surface area contributed by atoms with E-state index in [1.165, 1.54) is 0 Å². The van der Waals surface area contributed by atoms with Crippen molar-refractivity contribution in [1.82, 2.24) is 0 Å². The standard InChI is InChI=1S/C22H32O5Si/c1-5-25-28(26-6-2,27-7-3)16-8-9-19-17-20(23)12-15-22(19)18-10-13-21(24-4)14-11-18/h10-15,17,23H,5-9,16H2,1-4H3. The Labute approximate surface area is 169 Å². The first kappa shape index (κ1) is 22.4. The van der Waals surface area contributed by atoms with E-state index in [4.69, 9.17) is 18.0 Å². The van der Waals surface area contributed by atoms with Gasteiger partial charge in [0.15, 0.2) is 0 Å². The van der Waals surface area contributed by atoms with Crippen molar-refractivity contribution in [2.24, 2.45) is 0 Å². The molecule has 0 aliphatic heterocycles. The highest BCUT2D eigenvalue weighted by molar-refractivity contribution is 6.60. The maximum absolute atomic E-state index is 9.99. The Morgan fingerprint density at radius 1 is 0.857 bits per heavy atom. The minimum absolute atomic E-state index is 0.273. The van der Waals surface area contributed by atoms with Crippen molar-refractivity contribution in [3.05, 3.63) is 48.0 Å². The molecule has 0 spiro atoms. The Morgan fingerprint density at radius 2 is 1.46 bits per heavy atom. The fraction of sp³-hybridized carbons (Fsp3) is 0.455. The van der Waals surface area contributed by atoms with E-state index >= 15 is 0 Å². The van der Waals surface area contributed by atoms with Crippen LogP contribution < -0.4 is 4.74 Å². The monoisotopic (exact) mass is 404 g/mol. The summed E-state index contributed by atoms with van der Waals surface area (Å²) in [6.45, 7) is 7.64. The molecule has 0 aliphatic rings. The molecule has 0 unspecified atom stereocenters. The van der Waals surface area contributed by atoms with Crippen LogP contribution in [-0.4, -0.2) is 40.8 Å². The van der Waals surface area contributed by atoms with Crippen LogP contribution in [0.1, 0.15) is 32.8 Å². The zero-order valence-corrected chi connectivity index (χ0v) is 18.4. The molecule has 5 nitrogen and oxygen atoms in total. The van der Waals surface area contributed by atoms with Crippen molar-refractivity contribution in [2.45, 2.75) is 39.7 Å². The van der Waals surface area contributed by atoms with Gasteiger partial charge in [0.2, 0.25) is 0 Å². The van der Waals surface area contributed by atoms with Gasteiger partial charge in [-0.2, -0.15) is 0 Å². The summed E-state index contributed by atoms with van der Waals surface area (Å²) in [5.41, 5.74) is 3.30. The van der Waals surface area contributed by atoms with E-state index in [2.05, 4.69) is 0 Å². The molecule has 28 heavy (non-hydrogen) atoms. The largest absolute Gasteiger partial charge is 0.508 e. The quantitative estimate of drug-likeness (QED) is 0.502. The lowest BCUT2D eigenvalue weighted by atomic mass is 9.96. The first-order valence-corrected chi connectivity index (χ1v) is 11.9. The Bertz CT molecular complexity index is 700. The Morgan fingerprint density at radius 3 is 2.00 bits per heavy atom. The third-order valence-corrected chi connectivity index (χ3v) is 7.66. The van der Waals surface area contributed by atoms with Gasteiger partial charge in [0.25, 0.3) is 0 Å². The van der Waals surface area contributed by atoms with Gasteiger partial charge in [-0.3, -0.25) is 0 Å². The molecule has 0 saturated heterocycles. The zero-order valence-electron chi connectivity index (χ0n) is 17.4. The normalized spacial score (nSPS) is 11.6. The lowest BCUT2D eigenvalue weighted by Crippen LogP contribution is -2.46. The second kappa shape index (κ2) is 11.2. The minimum Gasteiger partial charge on any atom is -0.508 e. The zero-order chi connectivity index (χ0) is 20.4. The van der Waals surface area contributed by atoms with Gasteiger partial charge in [-0.15, -0.1) is 0 Å². The predicted octanol–water partition coefficient (Wildman–Crippen LogP) is 5.05. The Hall–Kier alpha value is -1.86. The summed E-state index contributed by atoms with van der Waals surface area (Å²) in [6, 6.07) is 14.2. The summed E-state index contributed by atoms with van der Waals surface area (Å²) >= 11 is 0. The van der Waals surface area contributed by atoms with Crippen molar-refractivity contribution in [3.8, 4) is 22.6 Å². The third-order valence-electron chi connectivity index (χ3n) is 4.51. The smallest absolute Gasteiger partial charge is 0.500 e. The Kier molecular flexibility index (Phi) is 8.98. The van der Waals surface area contributed by atoms with Gasteiger partial charge in [0.1, 0.15) is 11.5 Å². The van der Waals surface area contributed by atoms with Gasteiger partial charge in [-0.05, 0) is 74.6 Å². The summed E-state index contributed by atoms with van der Waals surface area (Å²) < 4.78 is 23.1. The number of methoxy groups -OCH3 is 1. The third kappa shape index (κ3) is 6.07. The van der Waals surface area contributed by atoms with Crippen molar-refractivity contribution in [2.75, 3.05) is 26.9 Å². The molecule has 0 bridgehead atoms. The molecule has 0 aliphatic carbocycles. The van der Waals surface area contributed by atoms with Crippen molar-refractivity contribution in [1.29, 1.82) is 0 Å². The lowest BCUT2D eigenvalue weighted by molar-refractivity contribution is 0.0708. The highest BCUT2D eigenvalue weighted by atomic mass is 28.4. The lowest BCUT2D eigenvalue weighted by Gasteiger charge is -2.28. The molecule has 6 heteroatoms. The first-order chi connectivity index (χ1) is 13.6. The van der Waals surface area contributed by atoms with Crippen molar-refractivity contribution in [3.63, 3.8) is 0 Å². The van der Waals surface area contributed by atoms with E-state index in [1.54, 1.807) is 13.2 Å². The SMILES string of the molecule is CCO[Si](CCCc1cc(O)ccc1-c1ccc(OC)cc1)(OCC)OCC. The summed E-state index contributed by atoms with van der Waals surface area (Å²) in [4.78, 5) is 0. The van der Waals surface area contributed by atoms with Crippen LogP contribution in [0.4, 0.5) is 0 Å². The fourth-order valence-corrected chi connectivity index (χ4v) is 5.95. The van der Waals surface area contributed by atoms with Gasteiger partial charge < -0.3 is 23.1 Å². The highest BCUT2D eigenvalue weighted by Gasteiger charge is 2.39. The van der Waals surface area contributed by atoms with E-state index in [0.717, 1.165) is 41.3 Å². The van der Waals surface area contributed by atoms with E-state index in [0.29, 0.717) is 19.8 Å². The molecule has 2 aromatic carbocycles. The predicted molar refractivity (Wildman–Crippen MR) is 114 cm³/mol. The van der Waals surface area contributed by atoms with E-state index in [9.17, 15) is 5.11 Å². The number of benzene rings is 2. The molecule has 2 rings (SSSR count). The molecule has 0 atom stereocenters. The molecule has 0 heterocycles. The van der Waals surface area contributed by atoms with Gasteiger partial charge in [-0.25, -0.2) is 0 Å². The minimum atomic E-state index is -2.65. The summed E-state index contributed by atoms with van der Waals surface area (Å²) in [7, 11) is -0.992. The number of phenols is 1. The number of ether oxygens (including phenoxy) is 1. The fourth-order valence-electron chi connectivity index (χ4n) is 3.34. The highest BCUT2D eigenvalue weighted by Crippen LogP contribution is 2.30. The maximum atomic E-state index is 9.99. The molecular weight excluding hydrogens is 372 g/mol. The molecule has 2 aromatic rings. The number of aryl methyl sites for hydroxylation is 1. The number of phenolic OH excluding ortho intramolecular Hbond substituents is 1. The molecule has 0 radical (unpaired) electrons. The van der Waals surface area contributed by atoms with Crippen LogP contribution in [0.25, 0.3) is 11.1 Å². The second-order valence-corrected chi connectivity index (χ2v) is 9.14. The molecule has 0 amide bonds. The van der Waals surface area contributed by atoms with Crippen molar-refractivity contribution >= 4 is 8.80 Å². The molecule has 154 valence electrons.